The third-order valence-corrected chi connectivity index (χ3v) is 4.03. The second kappa shape index (κ2) is 3.09. The third-order valence-electron chi connectivity index (χ3n) is 4.03. The van der Waals surface area contributed by atoms with Crippen molar-refractivity contribution in [1.82, 2.24) is 0 Å². The largest absolute Gasteiger partial charge is 0.393 e. The lowest BCUT2D eigenvalue weighted by Gasteiger charge is -2.47. The number of carbonyl (C=O) groups excluding carboxylic acids is 1. The topological polar surface area (TPSA) is 37.3 Å². The summed E-state index contributed by atoms with van der Waals surface area (Å²) in [6, 6.07) is 0. The number of aliphatic hydroxyl groups is 1. The van der Waals surface area contributed by atoms with E-state index in [1.165, 1.54) is 6.42 Å². The summed E-state index contributed by atoms with van der Waals surface area (Å²) in [6.07, 6.45) is 5.35. The van der Waals surface area contributed by atoms with E-state index >= 15 is 0 Å². The number of ketones is 1. The van der Waals surface area contributed by atoms with E-state index in [4.69, 9.17) is 0 Å². The van der Waals surface area contributed by atoms with Crippen LogP contribution in [0.2, 0.25) is 0 Å². The normalized spacial score (nSPS) is 45.8. The van der Waals surface area contributed by atoms with Gasteiger partial charge < -0.3 is 5.11 Å². The molecule has 0 unspecified atom stereocenters. The fraction of sp³-hybridized carbons (Fsp3) is 0.909. The van der Waals surface area contributed by atoms with E-state index in [0.717, 1.165) is 25.7 Å². The van der Waals surface area contributed by atoms with Crippen LogP contribution in [0.4, 0.5) is 0 Å². The van der Waals surface area contributed by atoms with Crippen molar-refractivity contribution in [2.75, 3.05) is 0 Å². The number of rotatable bonds is 0. The van der Waals surface area contributed by atoms with Gasteiger partial charge in [-0.1, -0.05) is 13.3 Å². The summed E-state index contributed by atoms with van der Waals surface area (Å²) in [7, 11) is 0. The minimum absolute atomic E-state index is 0.219. The highest BCUT2D eigenvalue weighted by Gasteiger charge is 2.44. The van der Waals surface area contributed by atoms with E-state index < -0.39 is 0 Å². The predicted molar refractivity (Wildman–Crippen MR) is 50.3 cm³/mol. The molecule has 0 radical (unpaired) electrons. The second-order valence-electron chi connectivity index (χ2n) is 4.96. The Morgan fingerprint density at radius 1 is 1.46 bits per heavy atom. The molecule has 0 spiro atoms. The average molecular weight is 182 g/mol. The number of Topliss-reactive ketones (excluding diaryl/α,β-unsaturated/α-hetero) is 1. The molecule has 2 rings (SSSR count). The fourth-order valence-corrected chi connectivity index (χ4v) is 3.03. The Labute approximate surface area is 79.3 Å². The third kappa shape index (κ3) is 1.52. The van der Waals surface area contributed by atoms with Crippen molar-refractivity contribution in [2.24, 2.45) is 11.3 Å². The number of fused-ring (bicyclic) bond motifs is 1. The van der Waals surface area contributed by atoms with Gasteiger partial charge in [-0.3, -0.25) is 4.79 Å². The molecule has 0 aromatic heterocycles. The molecule has 2 heteroatoms. The van der Waals surface area contributed by atoms with E-state index in [0.29, 0.717) is 12.2 Å². The van der Waals surface area contributed by atoms with Crippen molar-refractivity contribution in [2.45, 2.75) is 51.6 Å². The van der Waals surface area contributed by atoms with Crippen LogP contribution in [0.5, 0.6) is 0 Å². The number of hydrogen-bond acceptors (Lipinski definition) is 2. The first kappa shape index (κ1) is 9.20. The average Bonchev–Trinajstić information content (AvgIpc) is 2.08. The maximum Gasteiger partial charge on any atom is 0.133 e. The molecular formula is C11H18O2. The van der Waals surface area contributed by atoms with Gasteiger partial charge in [-0.2, -0.15) is 0 Å². The lowest BCUT2D eigenvalue weighted by atomic mass is 9.59. The summed E-state index contributed by atoms with van der Waals surface area (Å²) < 4.78 is 0. The van der Waals surface area contributed by atoms with Crippen LogP contribution in [0, 0.1) is 11.3 Å². The van der Waals surface area contributed by atoms with Gasteiger partial charge in [0, 0.05) is 12.8 Å². The van der Waals surface area contributed by atoms with Crippen molar-refractivity contribution < 1.29 is 9.90 Å². The summed E-state index contributed by atoms with van der Waals surface area (Å²) in [6.45, 7) is 2.24. The molecule has 13 heavy (non-hydrogen) atoms. The van der Waals surface area contributed by atoms with Gasteiger partial charge in [-0.05, 0) is 30.6 Å². The number of hydrogen-bond donors (Lipinski definition) is 1. The van der Waals surface area contributed by atoms with Crippen molar-refractivity contribution in [1.29, 1.82) is 0 Å². The lowest BCUT2D eigenvalue weighted by molar-refractivity contribution is -0.131. The Morgan fingerprint density at radius 2 is 2.23 bits per heavy atom. The quantitative estimate of drug-likeness (QED) is 0.621. The second-order valence-corrected chi connectivity index (χ2v) is 4.96. The molecule has 0 bridgehead atoms. The highest BCUT2D eigenvalue weighted by Crippen LogP contribution is 2.49. The van der Waals surface area contributed by atoms with E-state index in [1.54, 1.807) is 0 Å². The molecular weight excluding hydrogens is 164 g/mol. The van der Waals surface area contributed by atoms with E-state index in [-0.39, 0.29) is 17.4 Å². The van der Waals surface area contributed by atoms with Crippen LogP contribution < -0.4 is 0 Å². The van der Waals surface area contributed by atoms with Crippen LogP contribution in [-0.4, -0.2) is 17.0 Å². The summed E-state index contributed by atoms with van der Waals surface area (Å²) in [5.41, 5.74) is 0.256. The minimum Gasteiger partial charge on any atom is -0.393 e. The van der Waals surface area contributed by atoms with Crippen LogP contribution in [0.1, 0.15) is 45.4 Å². The van der Waals surface area contributed by atoms with Crippen molar-refractivity contribution in [3.8, 4) is 0 Å². The molecule has 2 saturated carbocycles. The van der Waals surface area contributed by atoms with Gasteiger partial charge in [-0.15, -0.1) is 0 Å². The van der Waals surface area contributed by atoms with Crippen molar-refractivity contribution in [3.63, 3.8) is 0 Å². The minimum atomic E-state index is -0.219. The van der Waals surface area contributed by atoms with Gasteiger partial charge >= 0.3 is 0 Å². The summed E-state index contributed by atoms with van der Waals surface area (Å²) in [5.74, 6) is 0.603. The van der Waals surface area contributed by atoms with Crippen LogP contribution in [0.15, 0.2) is 0 Å². The molecule has 0 amide bonds. The molecule has 2 fully saturated rings. The molecule has 0 aromatic carbocycles. The molecule has 3 atom stereocenters. The van der Waals surface area contributed by atoms with Crippen LogP contribution in [-0.2, 0) is 4.79 Å². The zero-order valence-corrected chi connectivity index (χ0v) is 8.25. The standard InChI is InChI=1S/C11H18O2/c1-11-5-2-3-10(13)9(11)7-8(12)4-6-11/h9-10,13H,2-7H2,1H3/t9-,10-,11+/m1/s1. The lowest BCUT2D eigenvalue weighted by Crippen LogP contribution is -2.44. The molecule has 2 aliphatic rings. The zero-order chi connectivity index (χ0) is 9.47. The Morgan fingerprint density at radius 3 is 3.00 bits per heavy atom. The van der Waals surface area contributed by atoms with Crippen molar-refractivity contribution >= 4 is 5.78 Å². The zero-order valence-electron chi connectivity index (χ0n) is 8.25. The maximum absolute atomic E-state index is 11.3. The van der Waals surface area contributed by atoms with Gasteiger partial charge in [0.15, 0.2) is 0 Å². The van der Waals surface area contributed by atoms with Gasteiger partial charge in [0.05, 0.1) is 6.10 Å². The first-order valence-corrected chi connectivity index (χ1v) is 5.32. The smallest absolute Gasteiger partial charge is 0.133 e. The molecule has 2 nitrogen and oxygen atoms in total. The first-order chi connectivity index (χ1) is 6.12. The maximum atomic E-state index is 11.3. The summed E-state index contributed by atoms with van der Waals surface area (Å²) in [5, 5.41) is 9.84. The molecule has 0 aliphatic heterocycles. The summed E-state index contributed by atoms with van der Waals surface area (Å²) >= 11 is 0. The number of carbonyl (C=O) groups is 1. The highest BCUT2D eigenvalue weighted by atomic mass is 16.3. The Bertz CT molecular complexity index is 224. The molecule has 1 N–H and O–H groups in total. The Hall–Kier alpha value is -0.370. The van der Waals surface area contributed by atoms with Crippen molar-refractivity contribution in [3.05, 3.63) is 0 Å². The van der Waals surface area contributed by atoms with Gasteiger partial charge in [-0.25, -0.2) is 0 Å². The van der Waals surface area contributed by atoms with Gasteiger partial charge in [0.1, 0.15) is 5.78 Å². The van der Waals surface area contributed by atoms with E-state index in [1.807, 2.05) is 0 Å². The fourth-order valence-electron chi connectivity index (χ4n) is 3.03. The summed E-state index contributed by atoms with van der Waals surface area (Å²) in [4.78, 5) is 11.3. The van der Waals surface area contributed by atoms with Gasteiger partial charge in [0.2, 0.25) is 0 Å². The SMILES string of the molecule is C[C@@]12CCC[C@@H](O)[C@H]1CC(=O)CC2. The monoisotopic (exact) mass is 182 g/mol. The molecule has 0 aromatic rings. The van der Waals surface area contributed by atoms with Crippen LogP contribution in [0.25, 0.3) is 0 Å². The van der Waals surface area contributed by atoms with E-state index in [2.05, 4.69) is 6.92 Å². The molecule has 0 saturated heterocycles. The predicted octanol–water partition coefficient (Wildman–Crippen LogP) is 1.91. The first-order valence-electron chi connectivity index (χ1n) is 5.32. The molecule has 2 aliphatic carbocycles. The Balaban J connectivity index is 2.17. The molecule has 74 valence electrons. The van der Waals surface area contributed by atoms with E-state index in [9.17, 15) is 9.90 Å². The molecule has 0 heterocycles. The van der Waals surface area contributed by atoms with Crippen LogP contribution in [0.3, 0.4) is 0 Å². The van der Waals surface area contributed by atoms with Crippen LogP contribution >= 0.6 is 0 Å². The number of aliphatic hydroxyl groups excluding tert-OH is 1. The highest BCUT2D eigenvalue weighted by molar-refractivity contribution is 5.79. The Kier molecular flexibility index (Phi) is 2.18. The van der Waals surface area contributed by atoms with Gasteiger partial charge in [0.25, 0.3) is 0 Å².